The predicted molar refractivity (Wildman–Crippen MR) is 96.9 cm³/mol. The molecule has 4 aromatic rings. The van der Waals surface area contributed by atoms with Crippen molar-refractivity contribution < 1.29 is 4.79 Å². The Morgan fingerprint density at radius 2 is 1.92 bits per heavy atom. The molecule has 4 rings (SSSR count). The Morgan fingerprint density at radius 3 is 2.68 bits per heavy atom. The zero-order chi connectivity index (χ0) is 17.7. The minimum absolute atomic E-state index is 0.0138. The number of aromatic nitrogens is 4. The van der Waals surface area contributed by atoms with E-state index >= 15 is 0 Å². The van der Waals surface area contributed by atoms with Crippen LogP contribution in [-0.2, 0) is 7.05 Å². The van der Waals surface area contributed by atoms with Crippen LogP contribution in [0.2, 0.25) is 0 Å². The van der Waals surface area contributed by atoms with Crippen molar-refractivity contribution >= 4 is 33.4 Å². The number of primary amides is 1. The quantitative estimate of drug-likeness (QED) is 0.584. The molecule has 0 radical (unpaired) electrons. The Bertz CT molecular complexity index is 1160. The maximum atomic E-state index is 11.6. The summed E-state index contributed by atoms with van der Waals surface area (Å²) < 4.78 is 1.83. The second kappa shape index (κ2) is 5.27. The Kier molecular flexibility index (Phi) is 3.18. The van der Waals surface area contributed by atoms with E-state index in [0.717, 1.165) is 27.6 Å². The molecule has 0 unspecified atom stereocenters. The number of carbonyl (C=O) groups is 1. The first-order chi connectivity index (χ1) is 12.0. The van der Waals surface area contributed by atoms with Crippen LogP contribution in [0.3, 0.4) is 0 Å². The van der Waals surface area contributed by atoms with Gasteiger partial charge in [0.2, 0.25) is 0 Å². The van der Waals surface area contributed by atoms with E-state index in [1.165, 1.54) is 0 Å². The van der Waals surface area contributed by atoms with Gasteiger partial charge in [-0.25, -0.2) is 0 Å². The molecule has 4 N–H and O–H groups in total. The molecule has 7 nitrogen and oxygen atoms in total. The van der Waals surface area contributed by atoms with Crippen molar-refractivity contribution in [1.82, 2.24) is 20.0 Å². The first-order valence-corrected chi connectivity index (χ1v) is 7.75. The molecular weight excluding hydrogens is 316 g/mol. The van der Waals surface area contributed by atoms with Crippen molar-refractivity contribution in [3.05, 3.63) is 47.8 Å². The van der Waals surface area contributed by atoms with Crippen molar-refractivity contribution in [2.45, 2.75) is 6.92 Å². The van der Waals surface area contributed by atoms with Crippen LogP contribution in [0.5, 0.6) is 0 Å². The predicted octanol–water partition coefficient (Wildman–Crippen LogP) is 2.17. The number of rotatable bonds is 2. The number of nitrogens with zero attached hydrogens (tertiary/aromatic N) is 4. The van der Waals surface area contributed by atoms with Crippen LogP contribution in [0.1, 0.15) is 16.1 Å². The number of anilines is 1. The Morgan fingerprint density at radius 1 is 1.12 bits per heavy atom. The number of nitrogens with two attached hydrogens (primary N) is 2. The van der Waals surface area contributed by atoms with Gasteiger partial charge in [0, 0.05) is 17.8 Å². The van der Waals surface area contributed by atoms with Gasteiger partial charge in [-0.1, -0.05) is 18.2 Å². The molecule has 0 saturated heterocycles. The number of aryl methyl sites for hydroxylation is 2. The first-order valence-electron chi connectivity index (χ1n) is 7.75. The van der Waals surface area contributed by atoms with Gasteiger partial charge in [0.05, 0.1) is 22.9 Å². The number of nitrogen functional groups attached to an aromatic ring is 1. The molecule has 0 aliphatic heterocycles. The van der Waals surface area contributed by atoms with Gasteiger partial charge < -0.3 is 11.5 Å². The third-order valence-corrected chi connectivity index (χ3v) is 4.55. The highest BCUT2D eigenvalue weighted by atomic mass is 16.1. The van der Waals surface area contributed by atoms with Crippen LogP contribution < -0.4 is 11.5 Å². The van der Waals surface area contributed by atoms with Crippen molar-refractivity contribution in [2.75, 3.05) is 5.73 Å². The average Bonchev–Trinajstić information content (AvgIpc) is 2.97. The third kappa shape index (κ3) is 2.13. The molecule has 0 fully saturated rings. The van der Waals surface area contributed by atoms with E-state index in [1.807, 2.05) is 55.2 Å². The molecule has 0 spiro atoms. The standard InChI is InChI=1S/C18H16N6O/c1-9-10(6-7-14-12(9)8-21-24(14)2)11-4-3-5-13-15(11)16(19)17(18(20)25)23-22-13/h3-8H,1-2H3,(H2,19,22)(H2,20,25). The lowest BCUT2D eigenvalue weighted by molar-refractivity contribution is 0.0996. The maximum Gasteiger partial charge on any atom is 0.271 e. The fourth-order valence-corrected chi connectivity index (χ4v) is 3.25. The largest absolute Gasteiger partial charge is 0.396 e. The van der Waals surface area contributed by atoms with Gasteiger partial charge >= 0.3 is 0 Å². The molecule has 0 aliphatic carbocycles. The SMILES string of the molecule is Cc1c(-c2cccc3nnc(C(N)=O)c(N)c23)ccc2c1cnn2C. The van der Waals surface area contributed by atoms with Crippen molar-refractivity contribution in [3.8, 4) is 11.1 Å². The van der Waals surface area contributed by atoms with Gasteiger partial charge in [0.15, 0.2) is 5.69 Å². The summed E-state index contributed by atoms with van der Waals surface area (Å²) in [5.41, 5.74) is 16.4. The highest BCUT2D eigenvalue weighted by molar-refractivity contribution is 6.10. The topological polar surface area (TPSA) is 113 Å². The van der Waals surface area contributed by atoms with E-state index in [0.29, 0.717) is 10.9 Å². The molecule has 2 aromatic carbocycles. The average molecular weight is 332 g/mol. The summed E-state index contributed by atoms with van der Waals surface area (Å²) in [6.45, 7) is 2.04. The lowest BCUT2D eigenvalue weighted by atomic mass is 9.94. The van der Waals surface area contributed by atoms with E-state index in [9.17, 15) is 4.79 Å². The zero-order valence-corrected chi connectivity index (χ0v) is 13.8. The summed E-state index contributed by atoms with van der Waals surface area (Å²) >= 11 is 0. The van der Waals surface area contributed by atoms with Crippen molar-refractivity contribution in [2.24, 2.45) is 12.8 Å². The molecule has 0 aliphatic rings. The highest BCUT2D eigenvalue weighted by Gasteiger charge is 2.17. The molecule has 124 valence electrons. The molecule has 7 heteroatoms. The number of fused-ring (bicyclic) bond motifs is 2. The Balaban J connectivity index is 2.09. The summed E-state index contributed by atoms with van der Waals surface area (Å²) in [5.74, 6) is -0.693. The Hall–Kier alpha value is -3.48. The van der Waals surface area contributed by atoms with Crippen LogP contribution in [0, 0.1) is 6.92 Å². The summed E-state index contributed by atoms with van der Waals surface area (Å²) in [5, 5.41) is 14.0. The smallest absolute Gasteiger partial charge is 0.271 e. The van der Waals surface area contributed by atoms with Gasteiger partial charge in [-0.3, -0.25) is 9.48 Å². The Labute approximate surface area is 143 Å². The fraction of sp³-hybridized carbons (Fsp3) is 0.111. The van der Waals surface area contributed by atoms with Crippen LogP contribution in [-0.4, -0.2) is 25.9 Å². The molecule has 2 aromatic heterocycles. The monoisotopic (exact) mass is 332 g/mol. The number of hydrogen-bond donors (Lipinski definition) is 2. The van der Waals surface area contributed by atoms with E-state index in [1.54, 1.807) is 0 Å². The van der Waals surface area contributed by atoms with Crippen molar-refractivity contribution in [3.63, 3.8) is 0 Å². The highest BCUT2D eigenvalue weighted by Crippen LogP contribution is 2.36. The first kappa shape index (κ1) is 15.1. The summed E-state index contributed by atoms with van der Waals surface area (Å²) in [4.78, 5) is 11.6. The third-order valence-electron chi connectivity index (χ3n) is 4.55. The number of amides is 1. The van der Waals surface area contributed by atoms with Crippen LogP contribution >= 0.6 is 0 Å². The van der Waals surface area contributed by atoms with Crippen LogP contribution in [0.15, 0.2) is 36.5 Å². The maximum absolute atomic E-state index is 11.6. The number of hydrogen-bond acceptors (Lipinski definition) is 5. The fourth-order valence-electron chi connectivity index (χ4n) is 3.25. The van der Waals surface area contributed by atoms with Gasteiger partial charge in [0.25, 0.3) is 5.91 Å². The second-order valence-electron chi connectivity index (χ2n) is 5.97. The summed E-state index contributed by atoms with van der Waals surface area (Å²) in [6, 6.07) is 9.70. The van der Waals surface area contributed by atoms with Gasteiger partial charge in [-0.2, -0.15) is 5.10 Å². The van der Waals surface area contributed by atoms with Crippen molar-refractivity contribution in [1.29, 1.82) is 0 Å². The lowest BCUT2D eigenvalue weighted by Crippen LogP contribution is -2.16. The molecule has 25 heavy (non-hydrogen) atoms. The molecule has 0 saturated carbocycles. The summed E-state index contributed by atoms with van der Waals surface area (Å²) in [7, 11) is 1.91. The van der Waals surface area contributed by atoms with E-state index in [-0.39, 0.29) is 11.4 Å². The van der Waals surface area contributed by atoms with Gasteiger partial charge in [-0.05, 0) is 35.7 Å². The molecule has 2 heterocycles. The molecular formula is C18H16N6O. The minimum atomic E-state index is -0.693. The molecule has 0 atom stereocenters. The number of carbonyl (C=O) groups excluding carboxylic acids is 1. The van der Waals surface area contributed by atoms with E-state index in [2.05, 4.69) is 15.3 Å². The van der Waals surface area contributed by atoms with E-state index < -0.39 is 5.91 Å². The molecule has 1 amide bonds. The second-order valence-corrected chi connectivity index (χ2v) is 5.97. The minimum Gasteiger partial charge on any atom is -0.396 e. The lowest BCUT2D eigenvalue weighted by Gasteiger charge is -2.13. The van der Waals surface area contributed by atoms with Crippen LogP contribution in [0.4, 0.5) is 5.69 Å². The van der Waals surface area contributed by atoms with E-state index in [4.69, 9.17) is 11.5 Å². The molecule has 0 bridgehead atoms. The van der Waals surface area contributed by atoms with Crippen LogP contribution in [0.25, 0.3) is 32.9 Å². The van der Waals surface area contributed by atoms with Gasteiger partial charge in [0.1, 0.15) is 0 Å². The normalized spacial score (nSPS) is 11.3. The van der Waals surface area contributed by atoms with Gasteiger partial charge in [-0.15, -0.1) is 10.2 Å². The zero-order valence-electron chi connectivity index (χ0n) is 13.8. The number of benzene rings is 2. The summed E-state index contributed by atoms with van der Waals surface area (Å²) in [6.07, 6.45) is 1.84.